The summed E-state index contributed by atoms with van der Waals surface area (Å²) >= 11 is 0. The highest BCUT2D eigenvalue weighted by molar-refractivity contribution is 7.90. The molecule has 0 spiro atoms. The van der Waals surface area contributed by atoms with Crippen LogP contribution in [0.3, 0.4) is 0 Å². The molecule has 1 aliphatic rings. The average Bonchev–Trinajstić information content (AvgIpc) is 3.11. The van der Waals surface area contributed by atoms with Gasteiger partial charge in [-0.1, -0.05) is 12.1 Å². The molecule has 2 aromatic carbocycles. The number of likely N-dealkylation sites (N-methyl/N-ethyl adjacent to an activating group) is 1. The fraction of sp³-hybridized carbons (Fsp3) is 0.350. The van der Waals surface area contributed by atoms with Gasteiger partial charge in [-0.15, -0.1) is 0 Å². The van der Waals surface area contributed by atoms with Crippen LogP contribution in [0.15, 0.2) is 47.6 Å². The zero-order chi connectivity index (χ0) is 19.2. The van der Waals surface area contributed by atoms with Gasteiger partial charge in [-0.25, -0.2) is 17.4 Å². The van der Waals surface area contributed by atoms with E-state index >= 15 is 0 Å². The van der Waals surface area contributed by atoms with Crippen LogP contribution in [0.25, 0.3) is 11.0 Å². The first-order chi connectivity index (χ1) is 12.9. The van der Waals surface area contributed by atoms with Gasteiger partial charge in [-0.2, -0.15) is 0 Å². The number of imidazole rings is 1. The minimum atomic E-state index is -3.74. The number of aromatic nitrogens is 2. The Kier molecular flexibility index (Phi) is 4.44. The monoisotopic (exact) mass is 385 g/mol. The van der Waals surface area contributed by atoms with E-state index < -0.39 is 10.0 Å². The molecule has 0 amide bonds. The Hall–Kier alpha value is -2.38. The number of benzene rings is 2. The highest BCUT2D eigenvalue weighted by atomic mass is 32.2. The molecular formula is C20H23N3O3S. The Bertz CT molecular complexity index is 1100. The van der Waals surface area contributed by atoms with E-state index in [4.69, 9.17) is 4.74 Å². The fourth-order valence-electron chi connectivity index (χ4n) is 3.90. The maximum atomic E-state index is 13.5. The zero-order valence-electron chi connectivity index (χ0n) is 15.7. The van der Waals surface area contributed by atoms with Crippen molar-refractivity contribution in [3.63, 3.8) is 0 Å². The van der Waals surface area contributed by atoms with Gasteiger partial charge in [0.2, 0.25) is 0 Å². The summed E-state index contributed by atoms with van der Waals surface area (Å²) in [4.78, 5) is 6.78. The fourth-order valence-corrected chi connectivity index (χ4v) is 5.48. The maximum absolute atomic E-state index is 13.5. The summed E-state index contributed by atoms with van der Waals surface area (Å²) < 4.78 is 33.8. The third kappa shape index (κ3) is 2.91. The van der Waals surface area contributed by atoms with Gasteiger partial charge in [0.25, 0.3) is 10.0 Å². The second-order valence-corrected chi connectivity index (χ2v) is 8.90. The second kappa shape index (κ2) is 6.65. The van der Waals surface area contributed by atoms with Crippen molar-refractivity contribution in [2.45, 2.75) is 30.2 Å². The van der Waals surface area contributed by atoms with Crippen molar-refractivity contribution in [2.75, 3.05) is 21.2 Å². The molecule has 0 saturated carbocycles. The number of fused-ring (bicyclic) bond motifs is 2. The number of ether oxygens (including phenoxy) is 1. The lowest BCUT2D eigenvalue weighted by atomic mass is 9.87. The lowest BCUT2D eigenvalue weighted by Crippen LogP contribution is -2.34. The third-order valence-corrected chi connectivity index (χ3v) is 7.17. The van der Waals surface area contributed by atoms with E-state index in [1.54, 1.807) is 25.3 Å². The lowest BCUT2D eigenvalue weighted by molar-refractivity contribution is 0.263. The van der Waals surface area contributed by atoms with E-state index in [1.165, 1.54) is 10.3 Å². The van der Waals surface area contributed by atoms with E-state index in [1.807, 2.05) is 18.2 Å². The molecule has 0 fully saturated rings. The van der Waals surface area contributed by atoms with Crippen molar-refractivity contribution in [1.29, 1.82) is 0 Å². The Balaban J connectivity index is 1.88. The summed E-state index contributed by atoms with van der Waals surface area (Å²) in [6, 6.07) is 11.1. The minimum absolute atomic E-state index is 0.346. The van der Waals surface area contributed by atoms with Crippen molar-refractivity contribution in [3.05, 3.63) is 53.9 Å². The first kappa shape index (κ1) is 18.0. The van der Waals surface area contributed by atoms with Crippen molar-refractivity contribution in [2.24, 2.45) is 0 Å². The standard InChI is InChI=1S/C20H23N3O3S/c1-22(2)14-8-9-15-16(12-14)19(26-3)10-11-20(15)27(24,25)23-13-21-17-6-4-5-7-18(17)23/h4-7,10-11,13-14H,8-9,12H2,1-3H3/t14-/m0/s1. The number of nitrogens with zero attached hydrogens (tertiary/aromatic N) is 3. The Morgan fingerprint density at radius 3 is 2.67 bits per heavy atom. The van der Waals surface area contributed by atoms with Gasteiger partial charge in [0.1, 0.15) is 12.1 Å². The van der Waals surface area contributed by atoms with Gasteiger partial charge in [0, 0.05) is 11.6 Å². The SMILES string of the molecule is COc1ccc(S(=O)(=O)n2cnc3ccccc32)c2c1C[C@@H](N(C)C)CC2. The Morgan fingerprint density at radius 2 is 1.93 bits per heavy atom. The molecule has 0 unspecified atom stereocenters. The van der Waals surface area contributed by atoms with Crippen molar-refractivity contribution in [3.8, 4) is 5.75 Å². The van der Waals surface area contributed by atoms with E-state index in [0.717, 1.165) is 29.7 Å². The molecule has 3 aromatic rings. The predicted molar refractivity (Wildman–Crippen MR) is 105 cm³/mol. The van der Waals surface area contributed by atoms with E-state index in [9.17, 15) is 8.42 Å². The molecule has 0 aliphatic heterocycles. The molecule has 1 aromatic heterocycles. The van der Waals surface area contributed by atoms with Gasteiger partial charge in [0.15, 0.2) is 0 Å². The summed E-state index contributed by atoms with van der Waals surface area (Å²) in [6.07, 6.45) is 3.79. The van der Waals surface area contributed by atoms with Crippen LogP contribution in [0.5, 0.6) is 5.75 Å². The van der Waals surface area contributed by atoms with Crippen LogP contribution in [0.2, 0.25) is 0 Å². The van der Waals surface area contributed by atoms with E-state index in [0.29, 0.717) is 28.4 Å². The Morgan fingerprint density at radius 1 is 1.15 bits per heavy atom. The summed E-state index contributed by atoms with van der Waals surface area (Å²) in [5.74, 6) is 0.756. The highest BCUT2D eigenvalue weighted by Crippen LogP contribution is 2.36. The van der Waals surface area contributed by atoms with Crippen LogP contribution < -0.4 is 4.74 Å². The molecule has 27 heavy (non-hydrogen) atoms. The first-order valence-corrected chi connectivity index (χ1v) is 10.4. The normalized spacial score (nSPS) is 17.3. The molecule has 0 saturated heterocycles. The van der Waals surface area contributed by atoms with Crippen molar-refractivity contribution < 1.29 is 13.2 Å². The molecule has 0 radical (unpaired) electrons. The summed E-state index contributed by atoms with van der Waals surface area (Å²) in [5, 5.41) is 0. The van der Waals surface area contributed by atoms with Crippen molar-refractivity contribution in [1.82, 2.24) is 13.9 Å². The molecule has 1 atom stereocenters. The van der Waals surface area contributed by atoms with E-state index in [2.05, 4.69) is 24.0 Å². The van der Waals surface area contributed by atoms with E-state index in [-0.39, 0.29) is 0 Å². The largest absolute Gasteiger partial charge is 0.496 e. The van der Waals surface area contributed by atoms with Gasteiger partial charge >= 0.3 is 0 Å². The van der Waals surface area contributed by atoms with Crippen LogP contribution in [-0.2, 0) is 22.9 Å². The number of hydrogen-bond donors (Lipinski definition) is 0. The van der Waals surface area contributed by atoms with Crippen LogP contribution in [-0.4, -0.2) is 49.5 Å². The Labute approximate surface area is 159 Å². The number of hydrogen-bond acceptors (Lipinski definition) is 5. The zero-order valence-corrected chi connectivity index (χ0v) is 16.5. The average molecular weight is 385 g/mol. The summed E-state index contributed by atoms with van der Waals surface area (Å²) in [7, 11) is 2.00. The molecule has 0 N–H and O–H groups in total. The van der Waals surface area contributed by atoms with Crippen molar-refractivity contribution >= 4 is 21.1 Å². The quantitative estimate of drug-likeness (QED) is 0.691. The smallest absolute Gasteiger partial charge is 0.269 e. The molecule has 1 aliphatic carbocycles. The van der Waals surface area contributed by atoms with Gasteiger partial charge in [-0.05, 0) is 63.2 Å². The van der Waals surface area contributed by atoms with Gasteiger partial charge < -0.3 is 9.64 Å². The van der Waals surface area contributed by atoms with Crippen LogP contribution in [0.1, 0.15) is 17.5 Å². The molecule has 142 valence electrons. The van der Waals surface area contributed by atoms with Crippen LogP contribution in [0.4, 0.5) is 0 Å². The maximum Gasteiger partial charge on any atom is 0.269 e. The van der Waals surface area contributed by atoms with Crippen LogP contribution >= 0.6 is 0 Å². The van der Waals surface area contributed by atoms with Gasteiger partial charge in [-0.3, -0.25) is 0 Å². The molecule has 1 heterocycles. The minimum Gasteiger partial charge on any atom is -0.496 e. The lowest BCUT2D eigenvalue weighted by Gasteiger charge is -2.31. The molecule has 6 nitrogen and oxygen atoms in total. The number of para-hydroxylation sites is 2. The topological polar surface area (TPSA) is 64.4 Å². The third-order valence-electron chi connectivity index (χ3n) is 5.42. The first-order valence-electron chi connectivity index (χ1n) is 8.96. The molecule has 4 rings (SSSR count). The predicted octanol–water partition coefficient (Wildman–Crippen LogP) is 2.70. The summed E-state index contributed by atoms with van der Waals surface area (Å²) in [6.45, 7) is 0. The van der Waals surface area contributed by atoms with Crippen LogP contribution in [0, 0.1) is 0 Å². The highest BCUT2D eigenvalue weighted by Gasteiger charge is 2.30. The molecule has 0 bridgehead atoms. The number of methoxy groups -OCH3 is 1. The molecule has 7 heteroatoms. The number of rotatable bonds is 4. The second-order valence-electron chi connectivity index (χ2n) is 7.12. The van der Waals surface area contributed by atoms with Gasteiger partial charge in [0.05, 0.1) is 23.0 Å². The summed E-state index contributed by atoms with van der Waals surface area (Å²) in [5.41, 5.74) is 3.11. The molecular weight excluding hydrogens is 362 g/mol.